The van der Waals surface area contributed by atoms with Crippen LogP contribution in [0.1, 0.15) is 30.8 Å². The van der Waals surface area contributed by atoms with E-state index in [1.54, 1.807) is 28.4 Å². The van der Waals surface area contributed by atoms with E-state index in [9.17, 15) is 13.2 Å². The molecule has 1 fully saturated rings. The molecule has 4 aromatic rings. The van der Waals surface area contributed by atoms with Gasteiger partial charge in [0.25, 0.3) is 0 Å². The molecular weight excluding hydrogens is 466 g/mol. The van der Waals surface area contributed by atoms with Crippen LogP contribution in [0.15, 0.2) is 71.6 Å². The Kier molecular flexibility index (Phi) is 6.14. The summed E-state index contributed by atoms with van der Waals surface area (Å²) in [7, 11) is -1.78. The number of fused-ring (bicyclic) bond motifs is 2. The number of hydrogen-bond donors (Lipinski definition) is 0. The van der Waals surface area contributed by atoms with Crippen LogP contribution in [0.25, 0.3) is 21.0 Å². The fourth-order valence-electron chi connectivity index (χ4n) is 4.53. The summed E-state index contributed by atoms with van der Waals surface area (Å²) in [4.78, 5) is 20.0. The number of sulfonamides is 1. The Hall–Kier alpha value is -2.81. The second kappa shape index (κ2) is 9.09. The molecule has 3 aromatic carbocycles. The highest BCUT2D eigenvalue weighted by atomic mass is 32.2. The van der Waals surface area contributed by atoms with Crippen molar-refractivity contribution in [3.05, 3.63) is 71.7 Å². The largest absolute Gasteiger partial charge is 0.336 e. The van der Waals surface area contributed by atoms with Gasteiger partial charge in [-0.2, -0.15) is 4.31 Å². The zero-order valence-electron chi connectivity index (χ0n) is 19.2. The number of aromatic nitrogens is 1. The molecule has 0 spiro atoms. The van der Waals surface area contributed by atoms with Crippen molar-refractivity contribution in [1.82, 2.24) is 14.2 Å². The van der Waals surface area contributed by atoms with E-state index in [0.29, 0.717) is 30.8 Å². The van der Waals surface area contributed by atoms with Gasteiger partial charge in [0.1, 0.15) is 5.01 Å². The molecule has 6 nitrogen and oxygen atoms in total. The lowest BCUT2D eigenvalue weighted by Gasteiger charge is -2.34. The van der Waals surface area contributed by atoms with Gasteiger partial charge < -0.3 is 4.90 Å². The average molecular weight is 494 g/mol. The number of para-hydroxylation sites is 1. The van der Waals surface area contributed by atoms with Crippen LogP contribution in [-0.2, 0) is 14.8 Å². The Bertz CT molecular complexity index is 1420. The number of carbonyl (C=O) groups excluding carboxylic acids is 1. The number of carbonyl (C=O) groups is 1. The number of benzene rings is 3. The van der Waals surface area contributed by atoms with E-state index in [2.05, 4.69) is 0 Å². The summed E-state index contributed by atoms with van der Waals surface area (Å²) < 4.78 is 29.1. The quantitative estimate of drug-likeness (QED) is 0.389. The van der Waals surface area contributed by atoms with Crippen LogP contribution in [-0.4, -0.2) is 48.7 Å². The third kappa shape index (κ3) is 4.21. The lowest BCUT2D eigenvalue weighted by atomic mass is 9.96. The maximum atomic E-state index is 13.2. The minimum atomic E-state index is -3.60. The molecule has 1 aliphatic rings. The SMILES string of the molecule is C[C@@H](c1nc2ccccc2s1)N(C)C(=O)C1CCN(S(=O)(=O)c2ccc3ccccc3c2)CC1. The second-order valence-electron chi connectivity index (χ2n) is 8.83. The summed E-state index contributed by atoms with van der Waals surface area (Å²) in [5.74, 6) is -0.139. The van der Waals surface area contributed by atoms with Gasteiger partial charge in [-0.1, -0.05) is 42.5 Å². The minimum Gasteiger partial charge on any atom is -0.336 e. The van der Waals surface area contributed by atoms with E-state index >= 15 is 0 Å². The van der Waals surface area contributed by atoms with Gasteiger partial charge in [-0.15, -0.1) is 11.3 Å². The highest BCUT2D eigenvalue weighted by molar-refractivity contribution is 7.89. The summed E-state index contributed by atoms with van der Waals surface area (Å²) in [6.07, 6.45) is 1.03. The van der Waals surface area contributed by atoms with Gasteiger partial charge in [-0.05, 0) is 54.8 Å². The number of amides is 1. The molecule has 34 heavy (non-hydrogen) atoms. The molecule has 0 unspecified atom stereocenters. The van der Waals surface area contributed by atoms with E-state index in [-0.39, 0.29) is 17.9 Å². The van der Waals surface area contributed by atoms with Crippen LogP contribution >= 0.6 is 11.3 Å². The Labute approximate surface area is 203 Å². The van der Waals surface area contributed by atoms with Crippen molar-refractivity contribution in [3.8, 4) is 0 Å². The number of hydrogen-bond acceptors (Lipinski definition) is 5. The van der Waals surface area contributed by atoms with Gasteiger partial charge in [0.2, 0.25) is 15.9 Å². The van der Waals surface area contributed by atoms with E-state index in [1.165, 1.54) is 4.31 Å². The Morgan fingerprint density at radius 3 is 2.44 bits per heavy atom. The number of piperidine rings is 1. The van der Waals surface area contributed by atoms with Crippen molar-refractivity contribution >= 4 is 48.3 Å². The topological polar surface area (TPSA) is 70.6 Å². The van der Waals surface area contributed by atoms with Crippen LogP contribution in [0.5, 0.6) is 0 Å². The minimum absolute atomic E-state index is 0.0505. The lowest BCUT2D eigenvalue weighted by molar-refractivity contribution is -0.137. The molecule has 1 aliphatic heterocycles. The molecule has 5 rings (SSSR count). The molecule has 0 aliphatic carbocycles. The first kappa shape index (κ1) is 23.0. The molecule has 0 N–H and O–H groups in total. The van der Waals surface area contributed by atoms with Gasteiger partial charge in [0.05, 0.1) is 21.2 Å². The Morgan fingerprint density at radius 2 is 1.71 bits per heavy atom. The van der Waals surface area contributed by atoms with Crippen LogP contribution in [0, 0.1) is 5.92 Å². The molecule has 0 radical (unpaired) electrons. The van der Waals surface area contributed by atoms with E-state index < -0.39 is 10.0 Å². The van der Waals surface area contributed by atoms with Gasteiger partial charge >= 0.3 is 0 Å². The first-order valence-corrected chi connectivity index (χ1v) is 13.7. The molecule has 1 saturated heterocycles. The number of nitrogens with zero attached hydrogens (tertiary/aromatic N) is 3. The fraction of sp³-hybridized carbons (Fsp3) is 0.308. The predicted molar refractivity (Wildman–Crippen MR) is 136 cm³/mol. The van der Waals surface area contributed by atoms with Gasteiger partial charge in [0.15, 0.2) is 0 Å². The first-order chi connectivity index (χ1) is 16.3. The zero-order valence-corrected chi connectivity index (χ0v) is 20.8. The zero-order chi connectivity index (χ0) is 23.9. The summed E-state index contributed by atoms with van der Waals surface area (Å²) >= 11 is 1.61. The lowest BCUT2D eigenvalue weighted by Crippen LogP contribution is -2.43. The summed E-state index contributed by atoms with van der Waals surface area (Å²) in [5.41, 5.74) is 0.947. The third-order valence-electron chi connectivity index (χ3n) is 6.76. The number of thiazole rings is 1. The van der Waals surface area contributed by atoms with E-state index in [4.69, 9.17) is 4.98 Å². The number of rotatable bonds is 5. The smallest absolute Gasteiger partial charge is 0.243 e. The first-order valence-electron chi connectivity index (χ1n) is 11.5. The molecule has 1 amide bonds. The van der Waals surface area contributed by atoms with Crippen molar-refractivity contribution in [3.63, 3.8) is 0 Å². The maximum absolute atomic E-state index is 13.2. The molecule has 176 valence electrons. The monoisotopic (exact) mass is 493 g/mol. The van der Waals surface area contributed by atoms with Crippen molar-refractivity contribution in [2.24, 2.45) is 5.92 Å². The molecule has 1 atom stereocenters. The van der Waals surface area contributed by atoms with Crippen molar-refractivity contribution in [2.45, 2.75) is 30.7 Å². The molecule has 0 saturated carbocycles. The standard InChI is InChI=1S/C26H27N3O3S2/c1-18(25-27-23-9-5-6-10-24(23)33-25)28(2)26(30)20-13-15-29(16-14-20)34(31,32)22-12-11-19-7-3-4-8-21(19)17-22/h3-12,17-18,20H,13-16H2,1-2H3/t18-/m0/s1. The van der Waals surface area contributed by atoms with E-state index in [0.717, 1.165) is 26.0 Å². The van der Waals surface area contributed by atoms with Crippen molar-refractivity contribution in [1.29, 1.82) is 0 Å². The normalized spacial score (nSPS) is 16.6. The molecule has 0 bridgehead atoms. The van der Waals surface area contributed by atoms with E-state index in [1.807, 2.05) is 68.6 Å². The van der Waals surface area contributed by atoms with Gasteiger partial charge in [-0.25, -0.2) is 13.4 Å². The summed E-state index contributed by atoms with van der Waals surface area (Å²) in [6, 6.07) is 20.8. The van der Waals surface area contributed by atoms with Crippen LogP contribution in [0.4, 0.5) is 0 Å². The van der Waals surface area contributed by atoms with Crippen LogP contribution in [0.2, 0.25) is 0 Å². The highest BCUT2D eigenvalue weighted by Gasteiger charge is 2.34. The molecular formula is C26H27N3O3S2. The van der Waals surface area contributed by atoms with Crippen LogP contribution in [0.3, 0.4) is 0 Å². The third-order valence-corrected chi connectivity index (χ3v) is 9.86. The van der Waals surface area contributed by atoms with Gasteiger partial charge in [-0.3, -0.25) is 4.79 Å². The average Bonchev–Trinajstić information content (AvgIpc) is 3.31. The maximum Gasteiger partial charge on any atom is 0.243 e. The van der Waals surface area contributed by atoms with Crippen molar-refractivity contribution in [2.75, 3.05) is 20.1 Å². The van der Waals surface area contributed by atoms with Crippen LogP contribution < -0.4 is 0 Å². The summed E-state index contributed by atoms with van der Waals surface area (Å²) in [5, 5.41) is 2.82. The fourth-order valence-corrected chi connectivity index (χ4v) is 7.10. The highest BCUT2D eigenvalue weighted by Crippen LogP contribution is 2.32. The molecule has 2 heterocycles. The molecule has 8 heteroatoms. The predicted octanol–water partition coefficient (Wildman–Crippen LogP) is 5.07. The second-order valence-corrected chi connectivity index (χ2v) is 11.8. The molecule has 1 aromatic heterocycles. The Morgan fingerprint density at radius 1 is 1.03 bits per heavy atom. The summed E-state index contributed by atoms with van der Waals surface area (Å²) in [6.45, 7) is 2.68. The van der Waals surface area contributed by atoms with Crippen molar-refractivity contribution < 1.29 is 13.2 Å². The van der Waals surface area contributed by atoms with Gasteiger partial charge in [0, 0.05) is 26.1 Å². The Balaban J connectivity index is 1.26.